The number of halogens is 1. The third kappa shape index (κ3) is 6.74. The van der Waals surface area contributed by atoms with Crippen molar-refractivity contribution < 1.29 is 19.1 Å². The number of aromatic nitrogens is 2. The second-order valence-corrected chi connectivity index (χ2v) is 8.96. The largest absolute Gasteiger partial charge is 0.493 e. The van der Waals surface area contributed by atoms with Crippen molar-refractivity contribution in [2.45, 2.75) is 32.7 Å². The number of carbonyl (C=O) groups excluding carboxylic acids is 2. The Kier molecular flexibility index (Phi) is 8.38. The Morgan fingerprint density at radius 3 is 2.64 bits per heavy atom. The van der Waals surface area contributed by atoms with Crippen molar-refractivity contribution in [2.75, 3.05) is 26.8 Å². The Balaban J connectivity index is 1.54. The van der Waals surface area contributed by atoms with Gasteiger partial charge in [-0.2, -0.15) is 5.10 Å². The highest BCUT2D eigenvalue weighted by atomic mass is 35.5. The van der Waals surface area contributed by atoms with Crippen LogP contribution in [-0.2, 0) is 11.8 Å². The van der Waals surface area contributed by atoms with Crippen LogP contribution in [0.15, 0.2) is 30.6 Å². The fraction of sp³-hybridized carbons (Fsp3) is 0.458. The third-order valence-corrected chi connectivity index (χ3v) is 5.62. The first-order chi connectivity index (χ1) is 15.8. The molecule has 0 saturated carbocycles. The molecule has 1 aromatic heterocycles. The van der Waals surface area contributed by atoms with Crippen LogP contribution in [0.3, 0.4) is 0 Å². The number of nitrogens with zero attached hydrogens (tertiary/aromatic N) is 3. The minimum Gasteiger partial charge on any atom is -0.493 e. The van der Waals surface area contributed by atoms with Crippen LogP contribution in [0.4, 0.5) is 0 Å². The van der Waals surface area contributed by atoms with Gasteiger partial charge in [0.25, 0.3) is 5.91 Å². The van der Waals surface area contributed by atoms with E-state index in [2.05, 4.69) is 24.3 Å². The third-order valence-electron chi connectivity index (χ3n) is 5.34. The quantitative estimate of drug-likeness (QED) is 0.591. The molecule has 0 unspecified atom stereocenters. The lowest BCUT2D eigenvalue weighted by Crippen LogP contribution is -2.46. The highest BCUT2D eigenvalue weighted by Gasteiger charge is 2.23. The minimum atomic E-state index is -0.139. The number of methoxy groups -OCH3 is 1. The molecule has 0 bridgehead atoms. The standard InChI is InChI=1S/C24H31ClN4O4/c1-16(2)15-33-23-20(25)11-17(12-21(23)32-4)5-6-22(30)29-9-7-19(8-10-29)27-24(31)18-13-26-28(3)14-18/h5-6,11-14,16,19H,7-10,15H2,1-4H3,(H,27,31)/b6-5+. The Morgan fingerprint density at radius 1 is 1.30 bits per heavy atom. The summed E-state index contributed by atoms with van der Waals surface area (Å²) < 4.78 is 12.8. The molecule has 0 radical (unpaired) electrons. The van der Waals surface area contributed by atoms with Crippen LogP contribution < -0.4 is 14.8 Å². The molecule has 9 heteroatoms. The highest BCUT2D eigenvalue weighted by molar-refractivity contribution is 6.32. The first-order valence-corrected chi connectivity index (χ1v) is 11.4. The van der Waals surface area contributed by atoms with Gasteiger partial charge in [-0.25, -0.2) is 0 Å². The molecule has 1 aliphatic heterocycles. The second-order valence-electron chi connectivity index (χ2n) is 8.55. The molecule has 0 spiro atoms. The summed E-state index contributed by atoms with van der Waals surface area (Å²) >= 11 is 6.39. The number of benzene rings is 1. The molecule has 2 amide bonds. The summed E-state index contributed by atoms with van der Waals surface area (Å²) in [5.41, 5.74) is 1.29. The summed E-state index contributed by atoms with van der Waals surface area (Å²) in [6.07, 6.45) is 7.89. The number of ether oxygens (including phenoxy) is 2. The van der Waals surface area contributed by atoms with Crippen LogP contribution in [0, 0.1) is 5.92 Å². The SMILES string of the molecule is COc1cc(/C=C/C(=O)N2CCC(NC(=O)c3cnn(C)c3)CC2)cc(Cl)c1OCC(C)C. The van der Waals surface area contributed by atoms with Gasteiger partial charge in [0.15, 0.2) is 11.5 Å². The van der Waals surface area contributed by atoms with E-state index in [9.17, 15) is 9.59 Å². The van der Waals surface area contributed by atoms with E-state index >= 15 is 0 Å². The lowest BCUT2D eigenvalue weighted by molar-refractivity contribution is -0.126. The summed E-state index contributed by atoms with van der Waals surface area (Å²) in [7, 11) is 3.33. The number of rotatable bonds is 8. The molecule has 0 atom stereocenters. The molecular formula is C24H31ClN4O4. The number of piperidine rings is 1. The van der Waals surface area contributed by atoms with Crippen molar-refractivity contribution in [3.63, 3.8) is 0 Å². The van der Waals surface area contributed by atoms with E-state index in [1.807, 2.05) is 0 Å². The van der Waals surface area contributed by atoms with Crippen LogP contribution in [0.1, 0.15) is 42.6 Å². The Morgan fingerprint density at radius 2 is 2.03 bits per heavy atom. The Hall–Kier alpha value is -3.00. The lowest BCUT2D eigenvalue weighted by atomic mass is 10.0. The smallest absolute Gasteiger partial charge is 0.254 e. The van der Waals surface area contributed by atoms with E-state index in [0.717, 1.165) is 5.56 Å². The maximum Gasteiger partial charge on any atom is 0.254 e. The van der Waals surface area contributed by atoms with Gasteiger partial charge in [0.2, 0.25) is 5.91 Å². The van der Waals surface area contributed by atoms with E-state index < -0.39 is 0 Å². The van der Waals surface area contributed by atoms with Gasteiger partial charge in [-0.15, -0.1) is 0 Å². The molecule has 178 valence electrons. The number of hydrogen-bond acceptors (Lipinski definition) is 5. The number of hydrogen-bond donors (Lipinski definition) is 1. The van der Waals surface area contributed by atoms with Crippen LogP contribution in [-0.4, -0.2) is 59.3 Å². The molecule has 8 nitrogen and oxygen atoms in total. The molecule has 0 aliphatic carbocycles. The van der Waals surface area contributed by atoms with Crippen molar-refractivity contribution in [2.24, 2.45) is 13.0 Å². The number of nitrogens with one attached hydrogen (secondary N) is 1. The predicted octanol–water partition coefficient (Wildman–Crippen LogP) is 3.55. The zero-order chi connectivity index (χ0) is 24.0. The van der Waals surface area contributed by atoms with Gasteiger partial charge >= 0.3 is 0 Å². The van der Waals surface area contributed by atoms with Gasteiger partial charge in [0.1, 0.15) is 0 Å². The van der Waals surface area contributed by atoms with Crippen LogP contribution in [0.5, 0.6) is 11.5 Å². The van der Waals surface area contributed by atoms with Gasteiger partial charge in [0, 0.05) is 38.5 Å². The molecule has 1 saturated heterocycles. The van der Waals surface area contributed by atoms with Crippen molar-refractivity contribution >= 4 is 29.5 Å². The van der Waals surface area contributed by atoms with Crippen LogP contribution in [0.25, 0.3) is 6.08 Å². The van der Waals surface area contributed by atoms with E-state index in [0.29, 0.717) is 60.5 Å². The number of likely N-dealkylation sites (tertiary alicyclic amines) is 1. The van der Waals surface area contributed by atoms with Crippen LogP contribution in [0.2, 0.25) is 5.02 Å². The summed E-state index contributed by atoms with van der Waals surface area (Å²) in [5, 5.41) is 7.48. The predicted molar refractivity (Wildman–Crippen MR) is 128 cm³/mol. The molecule has 1 fully saturated rings. The molecule has 1 N–H and O–H groups in total. The monoisotopic (exact) mass is 474 g/mol. The maximum atomic E-state index is 12.7. The van der Waals surface area contributed by atoms with E-state index in [1.165, 1.54) is 6.08 Å². The zero-order valence-corrected chi connectivity index (χ0v) is 20.3. The normalized spacial score (nSPS) is 14.7. The minimum absolute atomic E-state index is 0.0344. The van der Waals surface area contributed by atoms with E-state index in [4.69, 9.17) is 21.1 Å². The Labute approximate surface area is 199 Å². The van der Waals surface area contributed by atoms with Crippen molar-refractivity contribution in [1.29, 1.82) is 0 Å². The Bertz CT molecular complexity index is 1010. The molecule has 1 aliphatic rings. The van der Waals surface area contributed by atoms with Crippen molar-refractivity contribution in [3.05, 3.63) is 46.8 Å². The van der Waals surface area contributed by atoms with E-state index in [1.54, 1.807) is 54.3 Å². The van der Waals surface area contributed by atoms with E-state index in [-0.39, 0.29) is 17.9 Å². The average molecular weight is 475 g/mol. The number of aryl methyl sites for hydroxylation is 1. The average Bonchev–Trinajstić information content (AvgIpc) is 3.23. The maximum absolute atomic E-state index is 12.7. The first-order valence-electron chi connectivity index (χ1n) is 11.0. The number of amides is 2. The summed E-state index contributed by atoms with van der Waals surface area (Å²) in [6.45, 7) is 5.80. The van der Waals surface area contributed by atoms with Gasteiger partial charge in [0.05, 0.1) is 30.5 Å². The fourth-order valence-corrected chi connectivity index (χ4v) is 3.82. The van der Waals surface area contributed by atoms with Gasteiger partial charge in [-0.3, -0.25) is 14.3 Å². The van der Waals surface area contributed by atoms with Gasteiger partial charge in [-0.05, 0) is 42.5 Å². The highest BCUT2D eigenvalue weighted by Crippen LogP contribution is 2.37. The van der Waals surface area contributed by atoms with Crippen molar-refractivity contribution in [1.82, 2.24) is 20.0 Å². The summed E-state index contributed by atoms with van der Waals surface area (Å²) in [4.78, 5) is 26.7. The lowest BCUT2D eigenvalue weighted by Gasteiger charge is -2.31. The second kappa shape index (κ2) is 11.2. The molecular weight excluding hydrogens is 444 g/mol. The first kappa shape index (κ1) is 24.6. The van der Waals surface area contributed by atoms with Gasteiger partial charge < -0.3 is 19.7 Å². The van der Waals surface area contributed by atoms with Crippen molar-refractivity contribution in [3.8, 4) is 11.5 Å². The molecule has 2 heterocycles. The summed E-state index contributed by atoms with van der Waals surface area (Å²) in [5.74, 6) is 1.17. The molecule has 2 aromatic rings. The topological polar surface area (TPSA) is 85.7 Å². The molecule has 33 heavy (non-hydrogen) atoms. The molecule has 1 aromatic carbocycles. The van der Waals surface area contributed by atoms with Crippen LogP contribution >= 0.6 is 11.6 Å². The summed E-state index contributed by atoms with van der Waals surface area (Å²) in [6, 6.07) is 3.59. The number of carbonyl (C=O) groups is 2. The zero-order valence-electron chi connectivity index (χ0n) is 19.5. The fourth-order valence-electron chi connectivity index (χ4n) is 3.55. The van der Waals surface area contributed by atoms with Gasteiger partial charge in [-0.1, -0.05) is 25.4 Å². The molecule has 3 rings (SSSR count).